The molecule has 3 aromatic carbocycles. The summed E-state index contributed by atoms with van der Waals surface area (Å²) < 4.78 is 19.2. The lowest BCUT2D eigenvalue weighted by Crippen LogP contribution is -2.63. The van der Waals surface area contributed by atoms with Gasteiger partial charge in [0.1, 0.15) is 29.0 Å². The first-order valence-electron chi connectivity index (χ1n) is 14.6. The van der Waals surface area contributed by atoms with E-state index in [0.717, 1.165) is 11.1 Å². The number of rotatable bonds is 7. The highest BCUT2D eigenvalue weighted by atomic mass is 19.1. The molecule has 0 radical (unpaired) electrons. The lowest BCUT2D eigenvalue weighted by molar-refractivity contribution is -0.167. The highest BCUT2D eigenvalue weighted by Gasteiger charge is 2.62. The van der Waals surface area contributed by atoms with Crippen molar-refractivity contribution in [3.8, 4) is 22.6 Å². The molecule has 1 fully saturated rings. The summed E-state index contributed by atoms with van der Waals surface area (Å²) in [6.07, 6.45) is -1.39. The molecular formula is C34H33FN2O8. The maximum atomic E-state index is 14.0. The zero-order chi connectivity index (χ0) is 32.2. The molecule has 2 unspecified atom stereocenters. The maximum Gasteiger partial charge on any atom is 0.230 e. The predicted octanol–water partition coefficient (Wildman–Crippen LogP) is 2.85. The van der Waals surface area contributed by atoms with Crippen LogP contribution in [0.2, 0.25) is 0 Å². The van der Waals surface area contributed by atoms with Crippen molar-refractivity contribution in [2.75, 3.05) is 7.11 Å². The Balaban J connectivity index is 1.38. The molecular weight excluding hydrogens is 583 g/mol. The van der Waals surface area contributed by atoms with Crippen molar-refractivity contribution in [3.05, 3.63) is 94.0 Å². The van der Waals surface area contributed by atoms with Gasteiger partial charge < -0.3 is 36.2 Å². The van der Waals surface area contributed by atoms with Crippen molar-refractivity contribution in [1.82, 2.24) is 5.32 Å². The van der Waals surface area contributed by atoms with Crippen LogP contribution in [0.3, 0.4) is 0 Å². The number of carbonyl (C=O) groups is 3. The number of aliphatic hydroxyl groups is 3. The number of phenols is 1. The largest absolute Gasteiger partial charge is 0.508 e. The number of nitrogens with two attached hydrogens (primary N) is 1. The Kier molecular flexibility index (Phi) is 7.72. The molecule has 3 aliphatic carbocycles. The zero-order valence-electron chi connectivity index (χ0n) is 24.4. The number of primary amides is 1. The minimum Gasteiger partial charge on any atom is -0.508 e. The van der Waals surface area contributed by atoms with Gasteiger partial charge in [0, 0.05) is 30.1 Å². The number of aromatic hydroxyl groups is 1. The van der Waals surface area contributed by atoms with E-state index in [-0.39, 0.29) is 42.0 Å². The van der Waals surface area contributed by atoms with Gasteiger partial charge in [0.2, 0.25) is 5.91 Å². The first kappa shape index (κ1) is 30.4. The maximum absolute atomic E-state index is 14.0. The molecule has 3 aromatic rings. The van der Waals surface area contributed by atoms with Gasteiger partial charge >= 0.3 is 0 Å². The number of amides is 1. The Morgan fingerprint density at radius 1 is 1.04 bits per heavy atom. The van der Waals surface area contributed by atoms with Crippen LogP contribution in [0.25, 0.3) is 11.1 Å². The van der Waals surface area contributed by atoms with Crippen molar-refractivity contribution in [1.29, 1.82) is 0 Å². The molecule has 3 aliphatic rings. The molecule has 0 spiro atoms. The van der Waals surface area contributed by atoms with Crippen LogP contribution in [0.1, 0.15) is 39.9 Å². The monoisotopic (exact) mass is 616 g/mol. The molecule has 1 saturated carbocycles. The number of benzene rings is 3. The van der Waals surface area contributed by atoms with Gasteiger partial charge in [-0.05, 0) is 77.8 Å². The number of allylic oxidation sites excluding steroid dienone is 1. The molecule has 11 heteroatoms. The smallest absolute Gasteiger partial charge is 0.230 e. The molecule has 0 aliphatic heterocycles. The molecule has 45 heavy (non-hydrogen) atoms. The molecule has 1 amide bonds. The van der Waals surface area contributed by atoms with E-state index in [2.05, 4.69) is 5.32 Å². The summed E-state index contributed by atoms with van der Waals surface area (Å²) in [5, 5.41) is 47.5. The van der Waals surface area contributed by atoms with E-state index in [0.29, 0.717) is 35.5 Å². The number of phenolic OH excluding ortho intramolecular Hbond substituents is 1. The number of methoxy groups -OCH3 is 1. The van der Waals surface area contributed by atoms with Crippen LogP contribution in [0.5, 0.6) is 11.5 Å². The lowest BCUT2D eigenvalue weighted by atomic mass is 9.57. The van der Waals surface area contributed by atoms with E-state index in [4.69, 9.17) is 10.5 Å². The molecule has 0 saturated heterocycles. The van der Waals surface area contributed by atoms with Crippen LogP contribution >= 0.6 is 0 Å². The third-order valence-corrected chi connectivity index (χ3v) is 9.37. The third kappa shape index (κ3) is 4.97. The Hall–Kier alpha value is -4.58. The third-order valence-electron chi connectivity index (χ3n) is 9.37. The SMILES string of the molecule is COc1ccc(CNCc2cccc(F)c2)cc1-c1ccc(O)c2c1C[C@H]1C[C@H]3CC(O)C(C(N)=O)C(=O)[C@@]3(O)C(O)=C1C2=O. The fraction of sp³-hybridized carbons (Fsp3) is 0.324. The van der Waals surface area contributed by atoms with Crippen LogP contribution in [0, 0.1) is 23.6 Å². The van der Waals surface area contributed by atoms with E-state index in [1.165, 1.54) is 25.3 Å². The molecule has 0 bridgehead atoms. The molecule has 5 atom stereocenters. The summed E-state index contributed by atoms with van der Waals surface area (Å²) in [5.41, 5.74) is 5.93. The number of ether oxygens (including phenoxy) is 1. The van der Waals surface area contributed by atoms with Crippen molar-refractivity contribution in [2.45, 2.75) is 44.1 Å². The summed E-state index contributed by atoms with van der Waals surface area (Å²) in [4.78, 5) is 39.2. The van der Waals surface area contributed by atoms with Crippen LogP contribution in [-0.4, -0.2) is 56.7 Å². The van der Waals surface area contributed by atoms with Crippen LogP contribution in [0.4, 0.5) is 4.39 Å². The number of halogens is 1. The number of carbonyl (C=O) groups excluding carboxylic acids is 3. The van der Waals surface area contributed by atoms with Crippen LogP contribution in [0.15, 0.2) is 65.9 Å². The van der Waals surface area contributed by atoms with E-state index in [9.17, 15) is 39.2 Å². The van der Waals surface area contributed by atoms with Gasteiger partial charge in [0.05, 0.1) is 18.8 Å². The highest BCUT2D eigenvalue weighted by molar-refractivity contribution is 6.16. The second kappa shape index (κ2) is 11.4. The van der Waals surface area contributed by atoms with Gasteiger partial charge in [-0.15, -0.1) is 0 Å². The van der Waals surface area contributed by atoms with Crippen molar-refractivity contribution in [3.63, 3.8) is 0 Å². The molecule has 234 valence electrons. The predicted molar refractivity (Wildman–Crippen MR) is 160 cm³/mol. The number of fused-ring (bicyclic) bond motifs is 3. The summed E-state index contributed by atoms with van der Waals surface area (Å²) >= 11 is 0. The average Bonchev–Trinajstić information content (AvgIpc) is 2.99. The number of ketones is 2. The van der Waals surface area contributed by atoms with Crippen molar-refractivity contribution >= 4 is 17.5 Å². The van der Waals surface area contributed by atoms with Gasteiger partial charge in [0.15, 0.2) is 17.2 Å². The zero-order valence-corrected chi connectivity index (χ0v) is 24.4. The van der Waals surface area contributed by atoms with E-state index < -0.39 is 52.7 Å². The van der Waals surface area contributed by atoms with Gasteiger partial charge in [-0.2, -0.15) is 0 Å². The molecule has 7 N–H and O–H groups in total. The average molecular weight is 617 g/mol. The molecule has 0 aromatic heterocycles. The summed E-state index contributed by atoms with van der Waals surface area (Å²) in [5.74, 6) is -7.38. The minimum atomic E-state index is -2.57. The van der Waals surface area contributed by atoms with Crippen LogP contribution < -0.4 is 15.8 Å². The summed E-state index contributed by atoms with van der Waals surface area (Å²) in [6, 6.07) is 14.9. The fourth-order valence-electron chi connectivity index (χ4n) is 7.25. The minimum absolute atomic E-state index is 0.0611. The van der Waals surface area contributed by atoms with Crippen LogP contribution in [-0.2, 0) is 29.1 Å². The van der Waals surface area contributed by atoms with Crippen molar-refractivity contribution < 1.29 is 43.9 Å². The number of aliphatic hydroxyl groups excluding tert-OH is 2. The van der Waals surface area contributed by atoms with E-state index >= 15 is 0 Å². The first-order chi connectivity index (χ1) is 21.4. The highest BCUT2D eigenvalue weighted by Crippen LogP contribution is 2.53. The first-order valence-corrected chi connectivity index (χ1v) is 14.6. The summed E-state index contributed by atoms with van der Waals surface area (Å²) in [7, 11) is 1.52. The van der Waals surface area contributed by atoms with Crippen molar-refractivity contribution in [2.24, 2.45) is 23.5 Å². The standard InChI is InChI=1S/C34H33FN2O8/c1-45-26-8-5-17(15-37-14-16-3-2-4-20(35)9-16)10-22(26)21-6-7-24(38)28-23(21)12-18-11-19-13-25(39)29(33(36)43)32(42)34(19,44)31(41)27(18)30(28)40/h2-10,18-19,25,29,37-39,41,44H,11-15H2,1H3,(H2,36,43)/t18-,19+,25?,29?,34+/m1/s1. The number of hydrogen-bond donors (Lipinski definition) is 6. The molecule has 6 rings (SSSR count). The number of Topliss-reactive ketones (excluding diaryl/α,β-unsaturated/α-hetero) is 2. The van der Waals surface area contributed by atoms with Gasteiger partial charge in [-0.25, -0.2) is 4.39 Å². The lowest BCUT2D eigenvalue weighted by Gasteiger charge is -2.48. The molecule has 0 heterocycles. The molecule has 10 nitrogen and oxygen atoms in total. The van der Waals surface area contributed by atoms with Gasteiger partial charge in [0.25, 0.3) is 0 Å². The Labute approximate surface area is 258 Å². The Bertz CT molecular complexity index is 1770. The fourth-order valence-corrected chi connectivity index (χ4v) is 7.25. The quantitative estimate of drug-likeness (QED) is 0.218. The Morgan fingerprint density at radius 2 is 1.78 bits per heavy atom. The normalized spacial score (nSPS) is 25.8. The number of hydrogen-bond acceptors (Lipinski definition) is 9. The second-order valence-corrected chi connectivity index (χ2v) is 12.0. The number of nitrogens with one attached hydrogen (secondary N) is 1. The second-order valence-electron chi connectivity index (χ2n) is 12.0. The van der Waals surface area contributed by atoms with E-state index in [1.807, 2.05) is 18.2 Å². The van der Waals surface area contributed by atoms with Gasteiger partial charge in [-0.3, -0.25) is 14.4 Å². The van der Waals surface area contributed by atoms with E-state index in [1.54, 1.807) is 18.2 Å². The Morgan fingerprint density at radius 3 is 2.47 bits per heavy atom. The van der Waals surface area contributed by atoms with Gasteiger partial charge in [-0.1, -0.05) is 24.3 Å². The summed E-state index contributed by atoms with van der Waals surface area (Å²) in [6.45, 7) is 0.881. The topological polar surface area (TPSA) is 179 Å².